The lowest BCUT2D eigenvalue weighted by Crippen LogP contribution is -2.07. The van der Waals surface area contributed by atoms with Gasteiger partial charge in [-0.25, -0.2) is 9.78 Å². The second kappa shape index (κ2) is 6.18. The fourth-order valence-corrected chi connectivity index (χ4v) is 2.98. The summed E-state index contributed by atoms with van der Waals surface area (Å²) in [6, 6.07) is 6.20. The predicted molar refractivity (Wildman–Crippen MR) is 82.2 cm³/mol. The summed E-state index contributed by atoms with van der Waals surface area (Å²) in [5.74, 6) is -0.734. The maximum absolute atomic E-state index is 11.7. The lowest BCUT2D eigenvalue weighted by molar-refractivity contribution is 0.0591. The van der Waals surface area contributed by atoms with Crippen molar-refractivity contribution in [1.29, 1.82) is 0 Å². The molecule has 0 aliphatic heterocycles. The minimum absolute atomic E-state index is 0.119. The predicted octanol–water partition coefficient (Wildman–Crippen LogP) is 3.34. The van der Waals surface area contributed by atoms with Crippen LogP contribution >= 0.6 is 11.3 Å². The number of ketones is 1. The van der Waals surface area contributed by atoms with Crippen LogP contribution in [0.1, 0.15) is 48.8 Å². The van der Waals surface area contributed by atoms with Gasteiger partial charge >= 0.3 is 5.97 Å². The molecular weight excluding hydrogens is 286 g/mol. The first kappa shape index (κ1) is 15.4. The van der Waals surface area contributed by atoms with Gasteiger partial charge in [-0.3, -0.25) is 4.79 Å². The molecule has 0 spiro atoms. The van der Waals surface area contributed by atoms with Crippen LogP contribution in [0, 0.1) is 13.8 Å². The molecule has 21 heavy (non-hydrogen) atoms. The van der Waals surface area contributed by atoms with Crippen molar-refractivity contribution >= 4 is 23.1 Å². The van der Waals surface area contributed by atoms with Gasteiger partial charge in [0.2, 0.25) is 0 Å². The summed E-state index contributed by atoms with van der Waals surface area (Å²) in [7, 11) is 1.29. The van der Waals surface area contributed by atoms with E-state index in [0.717, 1.165) is 10.6 Å². The van der Waals surface area contributed by atoms with Crippen molar-refractivity contribution in [2.24, 2.45) is 0 Å². The molecular formula is C16H17NO3S. The van der Waals surface area contributed by atoms with Crippen LogP contribution in [0.4, 0.5) is 0 Å². The molecule has 4 nitrogen and oxygen atoms in total. The van der Waals surface area contributed by atoms with E-state index in [0.29, 0.717) is 11.3 Å². The topological polar surface area (TPSA) is 56.3 Å². The molecule has 0 unspecified atom stereocenters. The Morgan fingerprint density at radius 1 is 1.24 bits per heavy atom. The SMILES string of the molecule is COC(=O)c1nc(Cc2ccc(C)c(C)c2)sc1C(C)=O. The second-order valence-corrected chi connectivity index (χ2v) is 6.01. The smallest absolute Gasteiger partial charge is 0.358 e. The number of nitrogens with zero attached hydrogens (tertiary/aromatic N) is 1. The summed E-state index contributed by atoms with van der Waals surface area (Å²) in [6.45, 7) is 5.55. The summed E-state index contributed by atoms with van der Waals surface area (Å²) < 4.78 is 4.68. The number of aryl methyl sites for hydroxylation is 2. The Hall–Kier alpha value is -2.01. The summed E-state index contributed by atoms with van der Waals surface area (Å²) >= 11 is 1.25. The number of benzene rings is 1. The molecule has 0 fully saturated rings. The summed E-state index contributed by atoms with van der Waals surface area (Å²) in [5.41, 5.74) is 3.67. The number of rotatable bonds is 4. The molecule has 2 aromatic rings. The second-order valence-electron chi connectivity index (χ2n) is 4.93. The van der Waals surface area contributed by atoms with Crippen molar-refractivity contribution < 1.29 is 14.3 Å². The average Bonchev–Trinajstić information content (AvgIpc) is 2.86. The highest BCUT2D eigenvalue weighted by atomic mass is 32.1. The fraction of sp³-hybridized carbons (Fsp3) is 0.312. The van der Waals surface area contributed by atoms with E-state index in [2.05, 4.69) is 35.7 Å². The van der Waals surface area contributed by atoms with Crippen molar-refractivity contribution in [1.82, 2.24) is 4.98 Å². The van der Waals surface area contributed by atoms with Gasteiger partial charge in [0.15, 0.2) is 11.5 Å². The number of aromatic nitrogens is 1. The number of hydrogen-bond acceptors (Lipinski definition) is 5. The first-order valence-corrected chi connectivity index (χ1v) is 7.39. The average molecular weight is 303 g/mol. The Morgan fingerprint density at radius 3 is 2.52 bits per heavy atom. The number of thiazole rings is 1. The third-order valence-corrected chi connectivity index (χ3v) is 4.45. The molecule has 0 saturated carbocycles. The zero-order valence-electron chi connectivity index (χ0n) is 12.5. The van der Waals surface area contributed by atoms with E-state index in [1.165, 1.54) is 36.5 Å². The van der Waals surface area contributed by atoms with E-state index in [1.54, 1.807) is 0 Å². The van der Waals surface area contributed by atoms with Gasteiger partial charge in [0.25, 0.3) is 0 Å². The summed E-state index contributed by atoms with van der Waals surface area (Å²) in [5, 5.41) is 0.740. The molecule has 0 saturated heterocycles. The number of esters is 1. The van der Waals surface area contributed by atoms with E-state index in [1.807, 2.05) is 6.07 Å². The highest BCUT2D eigenvalue weighted by Gasteiger charge is 2.21. The Kier molecular flexibility index (Phi) is 4.53. The van der Waals surface area contributed by atoms with Crippen molar-refractivity contribution in [2.75, 3.05) is 7.11 Å². The lowest BCUT2D eigenvalue weighted by Gasteiger charge is -2.03. The first-order chi connectivity index (χ1) is 9.92. The highest BCUT2D eigenvalue weighted by molar-refractivity contribution is 7.14. The number of ether oxygens (including phenoxy) is 1. The van der Waals surface area contributed by atoms with E-state index >= 15 is 0 Å². The van der Waals surface area contributed by atoms with Gasteiger partial charge in [-0.15, -0.1) is 11.3 Å². The molecule has 0 bridgehead atoms. The zero-order valence-corrected chi connectivity index (χ0v) is 13.3. The van der Waals surface area contributed by atoms with Crippen LogP contribution in [-0.2, 0) is 11.2 Å². The minimum Gasteiger partial charge on any atom is -0.464 e. The van der Waals surface area contributed by atoms with Crippen LogP contribution in [0.15, 0.2) is 18.2 Å². The number of Topliss-reactive ketones (excluding diaryl/α,β-unsaturated/α-hetero) is 1. The van der Waals surface area contributed by atoms with E-state index in [-0.39, 0.29) is 11.5 Å². The number of methoxy groups -OCH3 is 1. The maximum Gasteiger partial charge on any atom is 0.358 e. The van der Waals surface area contributed by atoms with E-state index in [9.17, 15) is 9.59 Å². The summed E-state index contributed by atoms with van der Waals surface area (Å²) in [4.78, 5) is 27.9. The quantitative estimate of drug-likeness (QED) is 0.642. The van der Waals surface area contributed by atoms with Gasteiger partial charge in [0, 0.05) is 13.3 Å². The number of carbonyl (C=O) groups is 2. The van der Waals surface area contributed by atoms with Crippen LogP contribution in [0.5, 0.6) is 0 Å². The molecule has 1 heterocycles. The van der Waals surface area contributed by atoms with E-state index in [4.69, 9.17) is 0 Å². The Labute approximate surface area is 127 Å². The molecule has 1 aromatic heterocycles. The Bertz CT molecular complexity index is 704. The Balaban J connectivity index is 2.34. The largest absolute Gasteiger partial charge is 0.464 e. The molecule has 0 N–H and O–H groups in total. The normalized spacial score (nSPS) is 10.5. The van der Waals surface area contributed by atoms with E-state index < -0.39 is 5.97 Å². The van der Waals surface area contributed by atoms with Crippen molar-refractivity contribution in [2.45, 2.75) is 27.2 Å². The van der Waals surface area contributed by atoms with Crippen LogP contribution in [0.3, 0.4) is 0 Å². The fourth-order valence-electron chi connectivity index (χ4n) is 2.00. The Morgan fingerprint density at radius 2 is 1.95 bits per heavy atom. The van der Waals surface area contributed by atoms with Gasteiger partial charge in [-0.2, -0.15) is 0 Å². The monoisotopic (exact) mass is 303 g/mol. The van der Waals surface area contributed by atoms with Crippen molar-refractivity contribution in [3.63, 3.8) is 0 Å². The van der Waals surface area contributed by atoms with Crippen LogP contribution in [0.25, 0.3) is 0 Å². The number of hydrogen-bond donors (Lipinski definition) is 0. The first-order valence-electron chi connectivity index (χ1n) is 6.57. The van der Waals surface area contributed by atoms with Crippen molar-refractivity contribution in [3.8, 4) is 0 Å². The van der Waals surface area contributed by atoms with Gasteiger partial charge < -0.3 is 4.74 Å². The molecule has 0 aliphatic rings. The zero-order chi connectivity index (χ0) is 15.6. The van der Waals surface area contributed by atoms with Crippen LogP contribution < -0.4 is 0 Å². The molecule has 0 radical (unpaired) electrons. The molecule has 110 valence electrons. The number of carbonyl (C=O) groups excluding carboxylic acids is 2. The highest BCUT2D eigenvalue weighted by Crippen LogP contribution is 2.23. The van der Waals surface area contributed by atoms with Gasteiger partial charge in [-0.05, 0) is 30.5 Å². The molecule has 0 amide bonds. The maximum atomic E-state index is 11.7. The third kappa shape index (κ3) is 3.36. The lowest BCUT2D eigenvalue weighted by atomic mass is 10.0. The molecule has 5 heteroatoms. The van der Waals surface area contributed by atoms with Crippen molar-refractivity contribution in [3.05, 3.63) is 50.5 Å². The van der Waals surface area contributed by atoms with Gasteiger partial charge in [0.1, 0.15) is 4.88 Å². The third-order valence-electron chi connectivity index (χ3n) is 3.30. The minimum atomic E-state index is -0.567. The van der Waals surface area contributed by atoms with Crippen LogP contribution in [-0.4, -0.2) is 23.8 Å². The molecule has 0 atom stereocenters. The molecule has 1 aromatic carbocycles. The van der Waals surface area contributed by atoms with Gasteiger partial charge in [-0.1, -0.05) is 18.2 Å². The molecule has 2 rings (SSSR count). The van der Waals surface area contributed by atoms with Gasteiger partial charge in [0.05, 0.1) is 12.1 Å². The van der Waals surface area contributed by atoms with Crippen LogP contribution in [0.2, 0.25) is 0 Å². The summed E-state index contributed by atoms with van der Waals surface area (Å²) in [6.07, 6.45) is 0.600. The molecule has 0 aliphatic carbocycles. The standard InChI is InChI=1S/C16H17NO3S/c1-9-5-6-12(7-10(9)2)8-13-17-14(16(19)20-4)15(21-13)11(3)18/h5-7H,8H2,1-4H3.